The van der Waals surface area contributed by atoms with Crippen molar-refractivity contribution in [3.05, 3.63) is 71.0 Å². The molecule has 0 amide bonds. The first-order valence-electron chi connectivity index (χ1n) is 14.9. The molecule has 234 valence electrons. The fourth-order valence-electron chi connectivity index (χ4n) is 5.74. The Balaban J connectivity index is 1.74. The molecule has 0 N–H and O–H groups in total. The van der Waals surface area contributed by atoms with Crippen molar-refractivity contribution in [1.29, 1.82) is 0 Å². The number of thioether (sulfide) groups is 1. The Morgan fingerprint density at radius 2 is 1.77 bits per heavy atom. The highest BCUT2D eigenvalue weighted by Gasteiger charge is 2.32. The maximum Gasteiger partial charge on any atom is 0.416 e. The summed E-state index contributed by atoms with van der Waals surface area (Å²) in [4.78, 5) is 13.6. The van der Waals surface area contributed by atoms with Gasteiger partial charge >= 0.3 is 6.18 Å². The number of ether oxygens (including phenoxy) is 2. The van der Waals surface area contributed by atoms with Crippen molar-refractivity contribution < 1.29 is 22.6 Å². The van der Waals surface area contributed by atoms with Gasteiger partial charge in [-0.3, -0.25) is 0 Å². The molecule has 0 radical (unpaired) electrons. The zero-order valence-corrected chi connectivity index (χ0v) is 26.6. The molecule has 43 heavy (non-hydrogen) atoms. The molecule has 1 atom stereocenters. The van der Waals surface area contributed by atoms with Crippen LogP contribution in [-0.4, -0.2) is 48.8 Å². The first-order valence-corrected chi connectivity index (χ1v) is 16.3. The van der Waals surface area contributed by atoms with Crippen molar-refractivity contribution in [2.24, 2.45) is 5.92 Å². The number of alkyl halides is 3. The Bertz CT molecular complexity index is 1320. The maximum absolute atomic E-state index is 13.8. The van der Waals surface area contributed by atoms with E-state index in [1.54, 1.807) is 44.3 Å². The van der Waals surface area contributed by atoms with E-state index < -0.39 is 17.8 Å². The average molecular weight is 617 g/mol. The zero-order valence-electron chi connectivity index (χ0n) is 25.8. The maximum atomic E-state index is 13.8. The number of aryl methyl sites for hydroxylation is 1. The Kier molecular flexibility index (Phi) is 11.5. The molecule has 1 aromatic heterocycles. The highest BCUT2D eigenvalue weighted by atomic mass is 32.2. The van der Waals surface area contributed by atoms with Gasteiger partial charge in [0.2, 0.25) is 5.95 Å². The van der Waals surface area contributed by atoms with Gasteiger partial charge in [-0.15, -0.1) is 0 Å². The van der Waals surface area contributed by atoms with Crippen molar-refractivity contribution in [1.82, 2.24) is 9.97 Å². The van der Waals surface area contributed by atoms with Gasteiger partial charge in [-0.25, -0.2) is 9.97 Å². The van der Waals surface area contributed by atoms with E-state index in [1.807, 2.05) is 30.2 Å². The molecular formula is C33H43F3N4O2S. The van der Waals surface area contributed by atoms with Crippen molar-refractivity contribution in [3.63, 3.8) is 0 Å². The van der Waals surface area contributed by atoms with Crippen molar-refractivity contribution in [2.75, 3.05) is 48.6 Å². The van der Waals surface area contributed by atoms with Gasteiger partial charge in [0.25, 0.3) is 0 Å². The lowest BCUT2D eigenvalue weighted by atomic mass is 9.99. The number of hydrogen-bond acceptors (Lipinski definition) is 7. The second kappa shape index (κ2) is 15.0. The third-order valence-electron chi connectivity index (χ3n) is 8.11. The SMILES string of the molecule is CCN(CC1CCCC1)c1cc(OC)ccc1CN(c1ncc(OCCSC)cn1)C(C)c1cc(C)cc(C(F)(F)F)c1. The third-order valence-corrected chi connectivity index (χ3v) is 8.69. The summed E-state index contributed by atoms with van der Waals surface area (Å²) in [6.45, 7) is 8.47. The van der Waals surface area contributed by atoms with E-state index in [9.17, 15) is 13.2 Å². The number of anilines is 2. The summed E-state index contributed by atoms with van der Waals surface area (Å²) in [5, 5.41) is 0. The van der Waals surface area contributed by atoms with Crippen LogP contribution in [-0.2, 0) is 12.7 Å². The van der Waals surface area contributed by atoms with Gasteiger partial charge in [0, 0.05) is 37.1 Å². The van der Waals surface area contributed by atoms with Crippen LogP contribution < -0.4 is 19.3 Å². The molecule has 1 aliphatic rings. The van der Waals surface area contributed by atoms with E-state index in [1.165, 1.54) is 37.8 Å². The number of halogens is 3. The Morgan fingerprint density at radius 1 is 1.05 bits per heavy atom. The first kappa shape index (κ1) is 32.8. The average Bonchev–Trinajstić information content (AvgIpc) is 3.51. The summed E-state index contributed by atoms with van der Waals surface area (Å²) in [6.07, 6.45) is 5.83. The fraction of sp³-hybridized carbons (Fsp3) is 0.515. The van der Waals surface area contributed by atoms with Crippen molar-refractivity contribution in [3.8, 4) is 11.5 Å². The van der Waals surface area contributed by atoms with Gasteiger partial charge in [-0.05, 0) is 75.1 Å². The summed E-state index contributed by atoms with van der Waals surface area (Å²) in [5.74, 6) is 3.22. The molecular weight excluding hydrogens is 573 g/mol. The molecule has 3 aromatic rings. The second-order valence-electron chi connectivity index (χ2n) is 11.2. The smallest absolute Gasteiger partial charge is 0.416 e. The lowest BCUT2D eigenvalue weighted by Gasteiger charge is -2.34. The zero-order chi connectivity index (χ0) is 31.0. The summed E-state index contributed by atoms with van der Waals surface area (Å²) < 4.78 is 52.8. The molecule has 0 spiro atoms. The van der Waals surface area contributed by atoms with E-state index in [-0.39, 0.29) is 0 Å². The largest absolute Gasteiger partial charge is 0.497 e. The highest BCUT2D eigenvalue weighted by Crippen LogP contribution is 2.37. The summed E-state index contributed by atoms with van der Waals surface area (Å²) in [5.41, 5.74) is 2.52. The molecule has 0 aliphatic heterocycles. The predicted molar refractivity (Wildman–Crippen MR) is 170 cm³/mol. The van der Waals surface area contributed by atoms with Crippen LogP contribution in [0.4, 0.5) is 24.8 Å². The predicted octanol–water partition coefficient (Wildman–Crippen LogP) is 8.34. The monoisotopic (exact) mass is 616 g/mol. The number of rotatable bonds is 14. The van der Waals surface area contributed by atoms with Crippen LogP contribution in [0.2, 0.25) is 0 Å². The molecule has 1 fully saturated rings. The number of benzene rings is 2. The minimum Gasteiger partial charge on any atom is -0.497 e. The molecule has 6 nitrogen and oxygen atoms in total. The Hall–Kier alpha value is -3.14. The van der Waals surface area contributed by atoms with Crippen LogP contribution >= 0.6 is 11.8 Å². The van der Waals surface area contributed by atoms with Crippen LogP contribution in [0.1, 0.15) is 67.8 Å². The van der Waals surface area contributed by atoms with Crippen LogP contribution in [0.3, 0.4) is 0 Å². The van der Waals surface area contributed by atoms with Crippen LogP contribution in [0.25, 0.3) is 0 Å². The summed E-state index contributed by atoms with van der Waals surface area (Å²) in [6, 6.07) is 9.81. The van der Waals surface area contributed by atoms with Crippen LogP contribution in [0.15, 0.2) is 48.8 Å². The summed E-state index contributed by atoms with van der Waals surface area (Å²) >= 11 is 1.69. The standard InChI is InChI=1S/C33H43F3N4O2S/c1-6-39(21-25-9-7-8-10-25)31-18-29(41-4)12-11-26(31)22-40(32-37-19-30(20-38-32)42-13-14-43-5)24(3)27-15-23(2)16-28(17-27)33(34,35)36/h11-12,15-20,24-25H,6-10,13-14,21-22H2,1-5H3. The number of methoxy groups -OCH3 is 1. The van der Waals surface area contributed by atoms with Crippen molar-refractivity contribution in [2.45, 2.75) is 65.2 Å². The van der Waals surface area contributed by atoms with Crippen molar-refractivity contribution >= 4 is 23.4 Å². The molecule has 0 bridgehead atoms. The van der Waals surface area contributed by atoms with Crippen LogP contribution in [0, 0.1) is 12.8 Å². The number of hydrogen-bond donors (Lipinski definition) is 0. The molecule has 1 heterocycles. The minimum atomic E-state index is -4.44. The highest BCUT2D eigenvalue weighted by molar-refractivity contribution is 7.98. The Morgan fingerprint density at radius 3 is 2.40 bits per heavy atom. The van der Waals surface area contributed by atoms with Gasteiger partial charge in [0.1, 0.15) is 5.75 Å². The van der Waals surface area contributed by atoms with E-state index in [0.29, 0.717) is 41.9 Å². The lowest BCUT2D eigenvalue weighted by Crippen LogP contribution is -2.32. The molecule has 1 unspecified atom stereocenters. The van der Waals surface area contributed by atoms with Crippen LogP contribution in [0.5, 0.6) is 11.5 Å². The quantitative estimate of drug-likeness (QED) is 0.169. The molecule has 10 heteroatoms. The number of aromatic nitrogens is 2. The second-order valence-corrected chi connectivity index (χ2v) is 12.2. The van der Waals surface area contributed by atoms with Gasteiger partial charge < -0.3 is 19.3 Å². The van der Waals surface area contributed by atoms with Gasteiger partial charge in [0.15, 0.2) is 5.75 Å². The van der Waals surface area contributed by atoms with E-state index in [4.69, 9.17) is 9.47 Å². The first-order chi connectivity index (χ1) is 20.6. The Labute approximate surface area is 258 Å². The number of nitrogens with zero attached hydrogens (tertiary/aromatic N) is 4. The molecule has 4 rings (SSSR count). The molecule has 1 aliphatic carbocycles. The topological polar surface area (TPSA) is 50.7 Å². The molecule has 0 saturated heterocycles. The third kappa shape index (κ3) is 8.71. The van der Waals surface area contributed by atoms with E-state index in [2.05, 4.69) is 27.9 Å². The molecule has 2 aromatic carbocycles. The molecule has 1 saturated carbocycles. The van der Waals surface area contributed by atoms with Gasteiger partial charge in [-0.1, -0.05) is 30.5 Å². The fourth-order valence-corrected chi connectivity index (χ4v) is 5.99. The van der Waals surface area contributed by atoms with Gasteiger partial charge in [0.05, 0.1) is 37.7 Å². The minimum absolute atomic E-state index is 0.392. The van der Waals surface area contributed by atoms with Gasteiger partial charge in [-0.2, -0.15) is 24.9 Å². The summed E-state index contributed by atoms with van der Waals surface area (Å²) in [7, 11) is 1.66. The van der Waals surface area contributed by atoms with E-state index in [0.717, 1.165) is 35.8 Å². The van der Waals surface area contributed by atoms with E-state index >= 15 is 0 Å². The normalized spacial score (nSPS) is 14.5. The lowest BCUT2D eigenvalue weighted by molar-refractivity contribution is -0.137.